The standard InChI is InChI=1S/C8H8N4OS/c1-4-3-14-8-6(4)7(13)11-5(12-8)2-10-9/h2-3H,9H2,1H3,(H,11,12,13)/b10-2-. The smallest absolute Gasteiger partial charge is 0.260 e. The first kappa shape index (κ1) is 8.89. The molecule has 0 bridgehead atoms. The first-order valence-corrected chi connectivity index (χ1v) is 4.81. The van der Waals surface area contributed by atoms with Gasteiger partial charge in [-0.05, 0) is 17.9 Å². The summed E-state index contributed by atoms with van der Waals surface area (Å²) >= 11 is 1.43. The fourth-order valence-corrected chi connectivity index (χ4v) is 2.17. The van der Waals surface area contributed by atoms with Gasteiger partial charge in [-0.2, -0.15) is 5.10 Å². The maximum Gasteiger partial charge on any atom is 0.260 e. The highest BCUT2D eigenvalue weighted by atomic mass is 32.1. The summed E-state index contributed by atoms with van der Waals surface area (Å²) in [6.07, 6.45) is 1.32. The molecule has 2 rings (SSSR count). The first-order chi connectivity index (χ1) is 6.72. The second kappa shape index (κ2) is 3.22. The summed E-state index contributed by atoms with van der Waals surface area (Å²) in [5.74, 6) is 5.35. The molecule has 0 fully saturated rings. The predicted octanol–water partition coefficient (Wildman–Crippen LogP) is 0.586. The van der Waals surface area contributed by atoms with Gasteiger partial charge >= 0.3 is 0 Å². The average molecular weight is 208 g/mol. The zero-order valence-corrected chi connectivity index (χ0v) is 8.26. The van der Waals surface area contributed by atoms with Crippen molar-refractivity contribution in [2.24, 2.45) is 10.9 Å². The number of hydrogen-bond acceptors (Lipinski definition) is 5. The average Bonchev–Trinajstić information content (AvgIpc) is 2.48. The van der Waals surface area contributed by atoms with Gasteiger partial charge < -0.3 is 10.8 Å². The Labute approximate surface area is 83.3 Å². The Hall–Kier alpha value is -1.69. The molecule has 2 aromatic rings. The van der Waals surface area contributed by atoms with Gasteiger partial charge in [-0.1, -0.05) is 0 Å². The lowest BCUT2D eigenvalue weighted by Gasteiger charge is -1.93. The maximum absolute atomic E-state index is 11.6. The molecule has 0 aliphatic rings. The van der Waals surface area contributed by atoms with Crippen molar-refractivity contribution in [2.75, 3.05) is 0 Å². The maximum atomic E-state index is 11.6. The topological polar surface area (TPSA) is 84.1 Å². The van der Waals surface area contributed by atoms with Crippen molar-refractivity contribution in [3.05, 3.63) is 27.1 Å². The molecule has 0 spiro atoms. The summed E-state index contributed by atoms with van der Waals surface area (Å²) in [5.41, 5.74) is 0.790. The summed E-state index contributed by atoms with van der Waals surface area (Å²) in [5, 5.41) is 5.85. The van der Waals surface area contributed by atoms with E-state index < -0.39 is 0 Å². The molecule has 0 amide bonds. The highest BCUT2D eigenvalue weighted by Gasteiger charge is 2.06. The lowest BCUT2D eigenvalue weighted by atomic mass is 10.3. The molecule has 0 aromatic carbocycles. The predicted molar refractivity (Wildman–Crippen MR) is 56.8 cm³/mol. The van der Waals surface area contributed by atoms with Gasteiger partial charge in [-0.15, -0.1) is 11.3 Å². The minimum absolute atomic E-state index is 0.149. The van der Waals surface area contributed by atoms with Gasteiger partial charge in [-0.25, -0.2) is 4.98 Å². The van der Waals surface area contributed by atoms with Crippen LogP contribution in [0.5, 0.6) is 0 Å². The third-order valence-electron chi connectivity index (χ3n) is 1.84. The third kappa shape index (κ3) is 1.29. The molecule has 3 N–H and O–H groups in total. The molecular weight excluding hydrogens is 200 g/mol. The second-order valence-electron chi connectivity index (χ2n) is 2.83. The molecule has 0 radical (unpaired) electrons. The quantitative estimate of drug-likeness (QED) is 0.408. The van der Waals surface area contributed by atoms with E-state index in [1.807, 2.05) is 12.3 Å². The Morgan fingerprint density at radius 3 is 3.21 bits per heavy atom. The normalized spacial score (nSPS) is 11.5. The Balaban J connectivity index is 2.81. The molecule has 72 valence electrons. The minimum Gasteiger partial charge on any atom is -0.323 e. The summed E-state index contributed by atoms with van der Waals surface area (Å²) in [6, 6.07) is 0. The number of H-pyrrole nitrogens is 1. The highest BCUT2D eigenvalue weighted by Crippen LogP contribution is 2.19. The number of aryl methyl sites for hydroxylation is 1. The Morgan fingerprint density at radius 1 is 1.71 bits per heavy atom. The molecular formula is C8H8N4OS. The lowest BCUT2D eigenvalue weighted by Crippen LogP contribution is -2.11. The van der Waals surface area contributed by atoms with E-state index in [0.717, 1.165) is 5.56 Å². The molecule has 0 atom stereocenters. The number of nitrogens with two attached hydrogens (primary N) is 1. The van der Waals surface area contributed by atoms with Crippen LogP contribution in [0.2, 0.25) is 0 Å². The van der Waals surface area contributed by atoms with E-state index in [4.69, 9.17) is 5.84 Å². The third-order valence-corrected chi connectivity index (χ3v) is 2.83. The van der Waals surface area contributed by atoms with E-state index in [0.29, 0.717) is 16.0 Å². The molecule has 0 aliphatic carbocycles. The van der Waals surface area contributed by atoms with Gasteiger partial charge in [0.15, 0.2) is 5.82 Å². The van der Waals surface area contributed by atoms with Crippen molar-refractivity contribution >= 4 is 27.8 Å². The number of nitrogens with one attached hydrogen (secondary N) is 1. The molecule has 0 aliphatic heterocycles. The summed E-state index contributed by atoms with van der Waals surface area (Å²) in [4.78, 5) is 19.0. The number of fused-ring (bicyclic) bond motifs is 1. The van der Waals surface area contributed by atoms with Gasteiger partial charge in [0.25, 0.3) is 5.56 Å². The van der Waals surface area contributed by atoms with Gasteiger partial charge in [0.2, 0.25) is 0 Å². The van der Waals surface area contributed by atoms with Crippen LogP contribution < -0.4 is 11.4 Å². The molecule has 5 nitrogen and oxygen atoms in total. The van der Waals surface area contributed by atoms with Crippen molar-refractivity contribution in [3.8, 4) is 0 Å². The summed E-state index contributed by atoms with van der Waals surface area (Å²) < 4.78 is 0. The van der Waals surface area contributed by atoms with Crippen molar-refractivity contribution in [1.29, 1.82) is 0 Å². The molecule has 2 aromatic heterocycles. The van der Waals surface area contributed by atoms with Crippen LogP contribution in [0.4, 0.5) is 0 Å². The molecule has 2 heterocycles. The van der Waals surface area contributed by atoms with Crippen molar-refractivity contribution in [1.82, 2.24) is 9.97 Å². The zero-order valence-electron chi connectivity index (χ0n) is 7.44. The molecule has 0 saturated carbocycles. The number of nitrogens with zero attached hydrogens (tertiary/aromatic N) is 2. The molecule has 14 heavy (non-hydrogen) atoms. The van der Waals surface area contributed by atoms with Crippen molar-refractivity contribution in [3.63, 3.8) is 0 Å². The first-order valence-electron chi connectivity index (χ1n) is 3.93. The molecule has 0 unspecified atom stereocenters. The van der Waals surface area contributed by atoms with E-state index in [1.165, 1.54) is 17.6 Å². The Bertz CT molecular complexity index is 554. The fourth-order valence-electron chi connectivity index (χ4n) is 1.24. The van der Waals surface area contributed by atoms with Gasteiger partial charge in [0.05, 0.1) is 11.6 Å². The van der Waals surface area contributed by atoms with E-state index in [2.05, 4.69) is 15.1 Å². The summed E-state index contributed by atoms with van der Waals surface area (Å²) in [7, 11) is 0. The minimum atomic E-state index is -0.149. The van der Waals surface area contributed by atoms with E-state index in [9.17, 15) is 4.79 Å². The monoisotopic (exact) mass is 208 g/mol. The van der Waals surface area contributed by atoms with E-state index >= 15 is 0 Å². The van der Waals surface area contributed by atoms with Gasteiger partial charge in [-0.3, -0.25) is 4.79 Å². The van der Waals surface area contributed by atoms with Crippen LogP contribution in [-0.2, 0) is 0 Å². The van der Waals surface area contributed by atoms with Gasteiger partial charge in [0.1, 0.15) is 4.83 Å². The lowest BCUT2D eigenvalue weighted by molar-refractivity contribution is 1.14. The fraction of sp³-hybridized carbons (Fsp3) is 0.125. The van der Waals surface area contributed by atoms with Crippen LogP contribution in [0, 0.1) is 6.92 Å². The number of aromatic amines is 1. The van der Waals surface area contributed by atoms with E-state index in [1.54, 1.807) is 0 Å². The zero-order chi connectivity index (χ0) is 10.1. The number of rotatable bonds is 1. The number of aromatic nitrogens is 2. The van der Waals surface area contributed by atoms with Crippen LogP contribution in [-0.4, -0.2) is 16.2 Å². The van der Waals surface area contributed by atoms with E-state index in [-0.39, 0.29) is 5.56 Å². The Kier molecular flexibility index (Phi) is 2.05. The molecule has 0 saturated heterocycles. The van der Waals surface area contributed by atoms with Gasteiger partial charge in [0, 0.05) is 0 Å². The largest absolute Gasteiger partial charge is 0.323 e. The van der Waals surface area contributed by atoms with Crippen LogP contribution in [0.1, 0.15) is 11.4 Å². The molecule has 6 heteroatoms. The highest BCUT2D eigenvalue weighted by molar-refractivity contribution is 7.16. The summed E-state index contributed by atoms with van der Waals surface area (Å²) in [6.45, 7) is 1.88. The van der Waals surface area contributed by atoms with Crippen LogP contribution in [0.15, 0.2) is 15.3 Å². The SMILES string of the molecule is Cc1csc2nc(/C=N\N)[nH]c(=O)c12. The van der Waals surface area contributed by atoms with Crippen LogP contribution in [0.25, 0.3) is 10.2 Å². The Morgan fingerprint density at radius 2 is 2.50 bits per heavy atom. The number of thiophene rings is 1. The number of hydrogen-bond donors (Lipinski definition) is 2. The second-order valence-corrected chi connectivity index (χ2v) is 3.69. The number of hydrazone groups is 1. The van der Waals surface area contributed by atoms with Crippen LogP contribution >= 0.6 is 11.3 Å². The van der Waals surface area contributed by atoms with Crippen LogP contribution in [0.3, 0.4) is 0 Å². The van der Waals surface area contributed by atoms with Crippen molar-refractivity contribution in [2.45, 2.75) is 6.92 Å². The van der Waals surface area contributed by atoms with Crippen molar-refractivity contribution < 1.29 is 0 Å².